The molecule has 0 saturated heterocycles. The standard InChI is InChI=1S/C23H17Cl2F3N2O6S3/c1-14(29-39(35,36)23(26,27)28)15-6-9-18(10-7-15)37(31,32)22-13-16-12-17(24)8-11-20(16)30(22)38(33,34)21-5-3-2-4-19(21)25/h2-14,29H,1H3/t14-/m0/s1. The second kappa shape index (κ2) is 10.1. The number of fused-ring (bicyclic) bond motifs is 1. The Kier molecular flexibility index (Phi) is 7.60. The largest absolute Gasteiger partial charge is 0.511 e. The Morgan fingerprint density at radius 1 is 0.846 bits per heavy atom. The van der Waals surface area contributed by atoms with Crippen molar-refractivity contribution in [1.29, 1.82) is 0 Å². The highest BCUT2D eigenvalue weighted by atomic mass is 35.5. The third-order valence-corrected chi connectivity index (χ3v) is 11.2. The number of halogens is 5. The number of aromatic nitrogens is 1. The van der Waals surface area contributed by atoms with Crippen LogP contribution in [-0.4, -0.2) is 34.7 Å². The van der Waals surface area contributed by atoms with Gasteiger partial charge in [0.1, 0.15) is 4.90 Å². The second-order valence-electron chi connectivity index (χ2n) is 8.25. The van der Waals surface area contributed by atoms with Crippen molar-refractivity contribution in [3.63, 3.8) is 0 Å². The van der Waals surface area contributed by atoms with E-state index in [-0.39, 0.29) is 31.4 Å². The van der Waals surface area contributed by atoms with Gasteiger partial charge in [0.05, 0.1) is 15.4 Å². The van der Waals surface area contributed by atoms with Crippen LogP contribution in [0.25, 0.3) is 10.9 Å². The molecule has 0 aliphatic heterocycles. The van der Waals surface area contributed by atoms with Gasteiger partial charge in [0.2, 0.25) is 9.84 Å². The lowest BCUT2D eigenvalue weighted by atomic mass is 10.1. The molecule has 0 amide bonds. The van der Waals surface area contributed by atoms with Crippen molar-refractivity contribution < 1.29 is 38.4 Å². The highest BCUT2D eigenvalue weighted by molar-refractivity contribution is 7.94. The molecule has 0 unspecified atom stereocenters. The predicted octanol–water partition coefficient (Wildman–Crippen LogP) is 5.52. The van der Waals surface area contributed by atoms with Gasteiger partial charge in [0.15, 0.2) is 5.03 Å². The predicted molar refractivity (Wildman–Crippen MR) is 139 cm³/mol. The molecule has 0 spiro atoms. The minimum absolute atomic E-state index is 0.00435. The quantitative estimate of drug-likeness (QED) is 0.284. The molecule has 3 aromatic carbocycles. The highest BCUT2D eigenvalue weighted by Gasteiger charge is 2.46. The van der Waals surface area contributed by atoms with E-state index in [1.807, 2.05) is 0 Å². The van der Waals surface area contributed by atoms with Crippen molar-refractivity contribution in [2.45, 2.75) is 33.3 Å². The average molecular weight is 641 g/mol. The van der Waals surface area contributed by atoms with Gasteiger partial charge < -0.3 is 0 Å². The number of sulfonamides is 1. The average Bonchev–Trinajstić information content (AvgIpc) is 3.23. The van der Waals surface area contributed by atoms with Gasteiger partial charge in [-0.15, -0.1) is 0 Å². The van der Waals surface area contributed by atoms with Crippen molar-refractivity contribution in [2.75, 3.05) is 0 Å². The molecule has 1 heterocycles. The molecule has 39 heavy (non-hydrogen) atoms. The summed E-state index contributed by atoms with van der Waals surface area (Å²) in [6, 6.07) is 13.6. The van der Waals surface area contributed by atoms with E-state index in [0.29, 0.717) is 3.97 Å². The summed E-state index contributed by atoms with van der Waals surface area (Å²) in [5.41, 5.74) is -5.50. The Morgan fingerprint density at radius 2 is 1.46 bits per heavy atom. The van der Waals surface area contributed by atoms with Crippen LogP contribution in [0, 0.1) is 0 Å². The maximum absolute atomic E-state index is 13.7. The Labute approximate surface area is 232 Å². The monoisotopic (exact) mass is 640 g/mol. The third-order valence-electron chi connectivity index (χ3n) is 5.64. The Morgan fingerprint density at radius 3 is 2.05 bits per heavy atom. The van der Waals surface area contributed by atoms with Crippen molar-refractivity contribution in [3.8, 4) is 0 Å². The fourth-order valence-corrected chi connectivity index (χ4v) is 8.49. The molecule has 4 rings (SSSR count). The third kappa shape index (κ3) is 5.41. The summed E-state index contributed by atoms with van der Waals surface area (Å²) in [6.07, 6.45) is 0. The summed E-state index contributed by atoms with van der Waals surface area (Å²) >= 11 is 12.2. The van der Waals surface area contributed by atoms with Crippen LogP contribution in [0.15, 0.2) is 87.6 Å². The maximum atomic E-state index is 13.7. The lowest BCUT2D eigenvalue weighted by Gasteiger charge is -2.17. The summed E-state index contributed by atoms with van der Waals surface area (Å²) in [5, 5.41) is -0.364. The summed E-state index contributed by atoms with van der Waals surface area (Å²) in [5.74, 6) is 0. The van der Waals surface area contributed by atoms with Crippen LogP contribution in [0.4, 0.5) is 13.2 Å². The van der Waals surface area contributed by atoms with Crippen LogP contribution in [0.2, 0.25) is 10.0 Å². The van der Waals surface area contributed by atoms with Gasteiger partial charge in [0.25, 0.3) is 10.0 Å². The zero-order valence-electron chi connectivity index (χ0n) is 19.5. The van der Waals surface area contributed by atoms with E-state index in [2.05, 4.69) is 0 Å². The van der Waals surface area contributed by atoms with Gasteiger partial charge in [-0.1, -0.05) is 47.5 Å². The topological polar surface area (TPSA) is 119 Å². The molecule has 1 N–H and O–H groups in total. The van der Waals surface area contributed by atoms with Crippen LogP contribution in [0.1, 0.15) is 18.5 Å². The van der Waals surface area contributed by atoms with Gasteiger partial charge in [-0.25, -0.2) is 33.9 Å². The smallest absolute Gasteiger partial charge is 0.222 e. The first-order valence-corrected chi connectivity index (χ1v) is 15.9. The lowest BCUT2D eigenvalue weighted by Crippen LogP contribution is -2.37. The molecule has 0 aliphatic carbocycles. The fourth-order valence-electron chi connectivity index (χ4n) is 3.75. The molecule has 208 valence electrons. The van der Waals surface area contributed by atoms with Crippen LogP contribution < -0.4 is 4.72 Å². The molecule has 8 nitrogen and oxygen atoms in total. The summed E-state index contributed by atoms with van der Waals surface area (Å²) in [4.78, 5) is -0.752. The van der Waals surface area contributed by atoms with Crippen LogP contribution in [-0.2, 0) is 29.9 Å². The molecular weight excluding hydrogens is 624 g/mol. The van der Waals surface area contributed by atoms with Gasteiger partial charge in [-0.3, -0.25) is 0 Å². The molecule has 0 aliphatic rings. The molecule has 0 bridgehead atoms. The number of hydrogen-bond acceptors (Lipinski definition) is 6. The zero-order chi connectivity index (χ0) is 29.0. The molecule has 4 aromatic rings. The number of benzene rings is 3. The minimum Gasteiger partial charge on any atom is -0.222 e. The first kappa shape index (κ1) is 29.4. The van der Waals surface area contributed by atoms with Crippen molar-refractivity contribution in [1.82, 2.24) is 8.69 Å². The maximum Gasteiger partial charge on any atom is 0.511 e. The van der Waals surface area contributed by atoms with E-state index in [1.165, 1.54) is 47.2 Å². The molecule has 0 saturated carbocycles. The minimum atomic E-state index is -5.66. The molecule has 1 atom stereocenters. The molecule has 1 aromatic heterocycles. The molecule has 16 heteroatoms. The van der Waals surface area contributed by atoms with Gasteiger partial charge in [0, 0.05) is 16.5 Å². The van der Waals surface area contributed by atoms with Gasteiger partial charge in [-0.05, 0) is 61.0 Å². The number of rotatable bonds is 7. The van der Waals surface area contributed by atoms with E-state index in [9.17, 15) is 38.4 Å². The van der Waals surface area contributed by atoms with Gasteiger partial charge >= 0.3 is 15.5 Å². The summed E-state index contributed by atoms with van der Waals surface area (Å²) in [6.45, 7) is 1.14. The number of alkyl halides is 3. The molecule has 0 radical (unpaired) electrons. The molecule has 0 fully saturated rings. The summed E-state index contributed by atoms with van der Waals surface area (Å²) < 4.78 is 118. The van der Waals surface area contributed by atoms with E-state index >= 15 is 0 Å². The van der Waals surface area contributed by atoms with E-state index in [1.54, 1.807) is 0 Å². The van der Waals surface area contributed by atoms with E-state index in [4.69, 9.17) is 23.2 Å². The summed E-state index contributed by atoms with van der Waals surface area (Å²) in [7, 11) is -14.8. The van der Waals surface area contributed by atoms with E-state index < -0.39 is 51.4 Å². The first-order valence-electron chi connectivity index (χ1n) is 10.7. The molecular formula is C23H17Cl2F3N2O6S3. The van der Waals surface area contributed by atoms with E-state index in [0.717, 1.165) is 37.3 Å². The fraction of sp³-hybridized carbons (Fsp3) is 0.130. The zero-order valence-corrected chi connectivity index (χ0v) is 23.5. The Balaban J connectivity index is 1.84. The number of sulfone groups is 1. The van der Waals surface area contributed by atoms with Crippen molar-refractivity contribution >= 4 is 64.0 Å². The normalized spacial score (nSPS) is 14.0. The Hall–Kier alpha value is -2.62. The number of nitrogens with one attached hydrogen (secondary N) is 1. The van der Waals surface area contributed by atoms with Crippen LogP contribution in [0.3, 0.4) is 0 Å². The number of hydrogen-bond donors (Lipinski definition) is 1. The Bertz CT molecular complexity index is 1910. The van der Waals surface area contributed by atoms with Crippen molar-refractivity contribution in [2.24, 2.45) is 0 Å². The van der Waals surface area contributed by atoms with Gasteiger partial charge in [-0.2, -0.15) is 13.2 Å². The highest BCUT2D eigenvalue weighted by Crippen LogP contribution is 2.35. The van der Waals surface area contributed by atoms with Crippen LogP contribution >= 0.6 is 23.2 Å². The van der Waals surface area contributed by atoms with Crippen LogP contribution in [0.5, 0.6) is 0 Å². The SMILES string of the molecule is C[C@H](NS(=O)(=O)C(F)(F)F)c1ccc(S(=O)(=O)c2cc3cc(Cl)ccc3n2S(=O)(=O)c2ccccc2Cl)cc1. The lowest BCUT2D eigenvalue weighted by molar-refractivity contribution is -0.0450. The first-order chi connectivity index (χ1) is 18.0. The number of nitrogens with zero attached hydrogens (tertiary/aromatic N) is 1. The second-order valence-corrected chi connectivity index (χ2v) is 14.4. The van der Waals surface area contributed by atoms with Crippen molar-refractivity contribution in [3.05, 3.63) is 88.4 Å².